The van der Waals surface area contributed by atoms with E-state index in [0.717, 1.165) is 30.4 Å². The van der Waals surface area contributed by atoms with Crippen LogP contribution in [0.2, 0.25) is 0 Å². The standard InChI is InChI=1S/C12H21N3OS/c1-16-5-4-12(2-3-12)9-14-7-10-8-17-11(6-13)15-10/h8,14H,2-7,9,13H2,1H3. The van der Waals surface area contributed by atoms with Gasteiger partial charge >= 0.3 is 0 Å². The second kappa shape index (κ2) is 5.91. The van der Waals surface area contributed by atoms with Crippen LogP contribution in [0.3, 0.4) is 0 Å². The first-order chi connectivity index (χ1) is 8.28. The predicted octanol–water partition coefficient (Wildman–Crippen LogP) is 1.51. The van der Waals surface area contributed by atoms with Crippen LogP contribution < -0.4 is 11.1 Å². The summed E-state index contributed by atoms with van der Waals surface area (Å²) in [5, 5.41) is 6.60. The lowest BCUT2D eigenvalue weighted by Gasteiger charge is -2.14. The minimum absolute atomic E-state index is 0.503. The van der Waals surface area contributed by atoms with Gasteiger partial charge in [0.05, 0.1) is 5.69 Å². The molecular weight excluding hydrogens is 234 g/mol. The minimum Gasteiger partial charge on any atom is -0.385 e. The molecule has 1 aromatic rings. The minimum atomic E-state index is 0.503. The number of aromatic nitrogens is 1. The van der Waals surface area contributed by atoms with E-state index < -0.39 is 0 Å². The van der Waals surface area contributed by atoms with Crippen molar-refractivity contribution in [1.82, 2.24) is 10.3 Å². The van der Waals surface area contributed by atoms with E-state index in [4.69, 9.17) is 10.5 Å². The number of hydrogen-bond acceptors (Lipinski definition) is 5. The van der Waals surface area contributed by atoms with Crippen LogP contribution in [-0.2, 0) is 17.8 Å². The van der Waals surface area contributed by atoms with Crippen LogP contribution in [0.15, 0.2) is 5.38 Å². The summed E-state index contributed by atoms with van der Waals surface area (Å²) >= 11 is 1.64. The largest absolute Gasteiger partial charge is 0.385 e. The first-order valence-corrected chi connectivity index (χ1v) is 6.99. The third-order valence-corrected chi connectivity index (χ3v) is 4.29. The van der Waals surface area contributed by atoms with Gasteiger partial charge in [-0.2, -0.15) is 0 Å². The summed E-state index contributed by atoms with van der Waals surface area (Å²) in [5.41, 5.74) is 7.15. The van der Waals surface area contributed by atoms with Crippen molar-refractivity contribution in [2.24, 2.45) is 11.1 Å². The molecule has 1 fully saturated rings. The Hall–Kier alpha value is -0.490. The lowest BCUT2D eigenvalue weighted by atomic mass is 10.0. The molecule has 0 atom stereocenters. The normalized spacial score (nSPS) is 17.3. The Morgan fingerprint density at radius 1 is 1.59 bits per heavy atom. The van der Waals surface area contributed by atoms with Gasteiger partial charge < -0.3 is 15.8 Å². The fraction of sp³-hybridized carbons (Fsp3) is 0.750. The lowest BCUT2D eigenvalue weighted by Crippen LogP contribution is -2.24. The molecule has 0 bridgehead atoms. The predicted molar refractivity (Wildman–Crippen MR) is 69.9 cm³/mol. The number of nitrogens with one attached hydrogen (secondary N) is 1. The van der Waals surface area contributed by atoms with Crippen molar-refractivity contribution in [1.29, 1.82) is 0 Å². The molecule has 2 rings (SSSR count). The molecule has 0 aliphatic heterocycles. The maximum absolute atomic E-state index is 5.54. The summed E-state index contributed by atoms with van der Waals surface area (Å²) in [6.45, 7) is 3.34. The molecule has 1 aliphatic carbocycles. The number of thiazole rings is 1. The molecule has 17 heavy (non-hydrogen) atoms. The number of methoxy groups -OCH3 is 1. The van der Waals surface area contributed by atoms with Crippen molar-refractivity contribution in [2.45, 2.75) is 32.4 Å². The molecule has 1 heterocycles. The fourth-order valence-electron chi connectivity index (χ4n) is 1.99. The van der Waals surface area contributed by atoms with E-state index in [-0.39, 0.29) is 0 Å². The Labute approximate surface area is 107 Å². The zero-order chi connectivity index (χ0) is 12.1. The third kappa shape index (κ3) is 3.74. The van der Waals surface area contributed by atoms with Gasteiger partial charge in [0.15, 0.2) is 0 Å². The quantitative estimate of drug-likeness (QED) is 0.739. The lowest BCUT2D eigenvalue weighted by molar-refractivity contribution is 0.171. The van der Waals surface area contributed by atoms with E-state index in [1.807, 2.05) is 0 Å². The van der Waals surface area contributed by atoms with Crippen LogP contribution in [0.5, 0.6) is 0 Å². The molecule has 96 valence electrons. The van der Waals surface area contributed by atoms with Gasteiger partial charge in [0.1, 0.15) is 5.01 Å². The number of nitrogens with zero attached hydrogens (tertiary/aromatic N) is 1. The molecule has 3 N–H and O–H groups in total. The first kappa shape index (κ1) is 13.0. The second-order valence-electron chi connectivity index (χ2n) is 4.78. The zero-order valence-electron chi connectivity index (χ0n) is 10.4. The molecule has 5 heteroatoms. The van der Waals surface area contributed by atoms with Crippen molar-refractivity contribution >= 4 is 11.3 Å². The van der Waals surface area contributed by atoms with Crippen molar-refractivity contribution in [3.8, 4) is 0 Å². The maximum atomic E-state index is 5.54. The average Bonchev–Trinajstić information content (AvgIpc) is 2.96. The van der Waals surface area contributed by atoms with E-state index in [0.29, 0.717) is 12.0 Å². The molecular formula is C12H21N3OS. The van der Waals surface area contributed by atoms with Gasteiger partial charge in [-0.05, 0) is 24.7 Å². The Bertz CT molecular complexity index is 349. The summed E-state index contributed by atoms with van der Waals surface area (Å²) in [6.07, 6.45) is 3.82. The molecule has 0 aromatic carbocycles. The number of ether oxygens (including phenoxy) is 1. The zero-order valence-corrected chi connectivity index (χ0v) is 11.2. The highest BCUT2D eigenvalue weighted by Crippen LogP contribution is 2.48. The molecule has 0 amide bonds. The Balaban J connectivity index is 1.69. The summed E-state index contributed by atoms with van der Waals surface area (Å²) in [6, 6.07) is 0. The van der Waals surface area contributed by atoms with Crippen molar-refractivity contribution in [3.05, 3.63) is 16.1 Å². The summed E-state index contributed by atoms with van der Waals surface area (Å²) in [4.78, 5) is 4.44. The van der Waals surface area contributed by atoms with Crippen molar-refractivity contribution in [2.75, 3.05) is 20.3 Å². The second-order valence-corrected chi connectivity index (χ2v) is 5.73. The van der Waals surface area contributed by atoms with Crippen LogP contribution in [0.1, 0.15) is 30.0 Å². The van der Waals surface area contributed by atoms with Gasteiger partial charge in [-0.3, -0.25) is 0 Å². The highest BCUT2D eigenvalue weighted by molar-refractivity contribution is 7.09. The van der Waals surface area contributed by atoms with E-state index in [1.54, 1.807) is 18.4 Å². The van der Waals surface area contributed by atoms with Crippen molar-refractivity contribution in [3.63, 3.8) is 0 Å². The molecule has 0 spiro atoms. The Morgan fingerprint density at radius 3 is 3.00 bits per heavy atom. The molecule has 0 unspecified atom stereocenters. The van der Waals surface area contributed by atoms with E-state index >= 15 is 0 Å². The van der Waals surface area contributed by atoms with Crippen LogP contribution in [0, 0.1) is 5.41 Å². The summed E-state index contributed by atoms with van der Waals surface area (Å²) < 4.78 is 5.15. The Morgan fingerprint density at radius 2 is 2.41 bits per heavy atom. The number of rotatable bonds is 8. The van der Waals surface area contributed by atoms with Gasteiger partial charge in [0, 0.05) is 38.7 Å². The van der Waals surface area contributed by atoms with E-state index in [2.05, 4.69) is 15.7 Å². The molecule has 1 aromatic heterocycles. The maximum Gasteiger partial charge on any atom is 0.106 e. The summed E-state index contributed by atoms with van der Waals surface area (Å²) in [5.74, 6) is 0. The van der Waals surface area contributed by atoms with Crippen LogP contribution in [0.4, 0.5) is 0 Å². The van der Waals surface area contributed by atoms with Gasteiger partial charge in [0.2, 0.25) is 0 Å². The number of hydrogen-bond donors (Lipinski definition) is 2. The third-order valence-electron chi connectivity index (χ3n) is 3.37. The molecule has 1 aliphatic rings. The van der Waals surface area contributed by atoms with Gasteiger partial charge in [-0.1, -0.05) is 0 Å². The van der Waals surface area contributed by atoms with Crippen molar-refractivity contribution < 1.29 is 4.74 Å². The molecule has 0 saturated heterocycles. The topological polar surface area (TPSA) is 60.2 Å². The average molecular weight is 255 g/mol. The van der Waals surface area contributed by atoms with Gasteiger partial charge in [-0.25, -0.2) is 4.98 Å². The fourth-order valence-corrected chi connectivity index (χ4v) is 2.66. The van der Waals surface area contributed by atoms with Gasteiger partial charge in [0.25, 0.3) is 0 Å². The van der Waals surface area contributed by atoms with E-state index in [9.17, 15) is 0 Å². The molecule has 0 radical (unpaired) electrons. The van der Waals surface area contributed by atoms with Crippen LogP contribution in [0.25, 0.3) is 0 Å². The number of nitrogens with two attached hydrogens (primary N) is 1. The first-order valence-electron chi connectivity index (χ1n) is 6.11. The van der Waals surface area contributed by atoms with Gasteiger partial charge in [-0.15, -0.1) is 11.3 Å². The molecule has 4 nitrogen and oxygen atoms in total. The monoisotopic (exact) mass is 255 g/mol. The Kier molecular flexibility index (Phi) is 4.50. The highest BCUT2D eigenvalue weighted by Gasteiger charge is 2.41. The smallest absolute Gasteiger partial charge is 0.106 e. The van der Waals surface area contributed by atoms with E-state index in [1.165, 1.54) is 19.3 Å². The SMILES string of the molecule is COCCC1(CNCc2csc(CN)n2)CC1. The highest BCUT2D eigenvalue weighted by atomic mass is 32.1. The molecule has 1 saturated carbocycles. The van der Waals surface area contributed by atoms with Crippen LogP contribution in [-0.4, -0.2) is 25.2 Å². The summed E-state index contributed by atoms with van der Waals surface area (Å²) in [7, 11) is 1.77. The van der Waals surface area contributed by atoms with Crippen LogP contribution >= 0.6 is 11.3 Å².